The Kier molecular flexibility index (Phi) is 2.70. The van der Waals surface area contributed by atoms with Gasteiger partial charge in [-0.2, -0.15) is 0 Å². The van der Waals surface area contributed by atoms with E-state index in [0.717, 1.165) is 34.8 Å². The summed E-state index contributed by atoms with van der Waals surface area (Å²) in [6.45, 7) is 2.43. The molecular formula is C17H16O4. The topological polar surface area (TPSA) is 47.9 Å². The van der Waals surface area contributed by atoms with E-state index in [1.54, 1.807) is 12.1 Å². The molecule has 0 fully saturated rings. The maximum Gasteiger partial charge on any atom is 0.231 e. The van der Waals surface area contributed by atoms with Gasteiger partial charge in [0.2, 0.25) is 6.79 Å². The van der Waals surface area contributed by atoms with E-state index in [4.69, 9.17) is 14.2 Å². The Bertz CT molecular complexity index is 695. The quantitative estimate of drug-likeness (QED) is 0.871. The zero-order chi connectivity index (χ0) is 14.4. The van der Waals surface area contributed by atoms with E-state index in [1.165, 1.54) is 0 Å². The van der Waals surface area contributed by atoms with Crippen LogP contribution in [0, 0.1) is 5.92 Å². The zero-order valence-corrected chi connectivity index (χ0v) is 11.7. The summed E-state index contributed by atoms with van der Waals surface area (Å²) in [5.74, 6) is 3.01. The van der Waals surface area contributed by atoms with Gasteiger partial charge < -0.3 is 19.3 Å². The highest BCUT2D eigenvalue weighted by molar-refractivity contribution is 5.47. The van der Waals surface area contributed by atoms with Gasteiger partial charge in [-0.3, -0.25) is 0 Å². The summed E-state index contributed by atoms with van der Waals surface area (Å²) in [5.41, 5.74) is 2.14. The molecule has 21 heavy (non-hydrogen) atoms. The average molecular weight is 284 g/mol. The zero-order valence-electron chi connectivity index (χ0n) is 11.7. The first-order chi connectivity index (χ1) is 10.2. The normalized spacial score (nSPS) is 22.5. The number of phenols is 1. The van der Waals surface area contributed by atoms with Gasteiger partial charge in [0.15, 0.2) is 11.5 Å². The Hall–Kier alpha value is -2.36. The SMILES string of the molecule is C[C@@H]1Cc2cc(O)ccc2O[C@H]1c1ccc2c(c1)OCO2. The third-order valence-electron chi connectivity index (χ3n) is 4.08. The van der Waals surface area contributed by atoms with Gasteiger partial charge in [0.1, 0.15) is 17.6 Å². The number of hydrogen-bond donors (Lipinski definition) is 1. The Labute approximate surface area is 122 Å². The fourth-order valence-corrected chi connectivity index (χ4v) is 3.03. The fourth-order valence-electron chi connectivity index (χ4n) is 3.03. The fraction of sp³-hybridized carbons (Fsp3) is 0.294. The van der Waals surface area contributed by atoms with Gasteiger partial charge in [-0.25, -0.2) is 0 Å². The van der Waals surface area contributed by atoms with Gasteiger partial charge in [0.05, 0.1) is 0 Å². The molecule has 0 spiro atoms. The van der Waals surface area contributed by atoms with Gasteiger partial charge in [0.25, 0.3) is 0 Å². The minimum Gasteiger partial charge on any atom is -0.508 e. The van der Waals surface area contributed by atoms with Crippen molar-refractivity contribution in [3.63, 3.8) is 0 Å². The molecule has 0 radical (unpaired) electrons. The first-order valence-corrected chi connectivity index (χ1v) is 7.09. The van der Waals surface area contributed by atoms with Crippen molar-refractivity contribution in [2.45, 2.75) is 19.4 Å². The van der Waals surface area contributed by atoms with Crippen molar-refractivity contribution >= 4 is 0 Å². The highest BCUT2D eigenvalue weighted by Gasteiger charge is 2.29. The molecule has 2 aromatic rings. The van der Waals surface area contributed by atoms with Crippen molar-refractivity contribution in [2.24, 2.45) is 5.92 Å². The number of rotatable bonds is 1. The minimum atomic E-state index is -0.0171. The predicted molar refractivity (Wildman–Crippen MR) is 76.9 cm³/mol. The van der Waals surface area contributed by atoms with E-state index in [1.807, 2.05) is 24.3 Å². The summed E-state index contributed by atoms with van der Waals surface area (Å²) >= 11 is 0. The molecule has 0 aromatic heterocycles. The van der Waals surface area contributed by atoms with Crippen LogP contribution in [0.2, 0.25) is 0 Å². The largest absolute Gasteiger partial charge is 0.508 e. The Morgan fingerprint density at radius 1 is 1.00 bits per heavy atom. The molecule has 0 saturated carbocycles. The second kappa shape index (κ2) is 4.58. The summed E-state index contributed by atoms with van der Waals surface area (Å²) in [6.07, 6.45) is 0.861. The smallest absolute Gasteiger partial charge is 0.231 e. The summed E-state index contributed by atoms with van der Waals surface area (Å²) in [7, 11) is 0. The van der Waals surface area contributed by atoms with E-state index >= 15 is 0 Å². The lowest BCUT2D eigenvalue weighted by Gasteiger charge is -2.32. The molecule has 2 atom stereocenters. The van der Waals surface area contributed by atoms with Crippen LogP contribution < -0.4 is 14.2 Å². The lowest BCUT2D eigenvalue weighted by molar-refractivity contribution is 0.123. The van der Waals surface area contributed by atoms with Crippen LogP contribution in [-0.4, -0.2) is 11.9 Å². The summed E-state index contributed by atoms with van der Waals surface area (Å²) in [6, 6.07) is 11.2. The molecule has 0 unspecified atom stereocenters. The van der Waals surface area contributed by atoms with Crippen LogP contribution in [0.15, 0.2) is 36.4 Å². The maximum absolute atomic E-state index is 9.58. The van der Waals surface area contributed by atoms with Crippen LogP contribution in [-0.2, 0) is 6.42 Å². The number of hydrogen-bond acceptors (Lipinski definition) is 4. The molecule has 4 rings (SSSR count). The first kappa shape index (κ1) is 12.4. The molecular weight excluding hydrogens is 268 g/mol. The first-order valence-electron chi connectivity index (χ1n) is 7.09. The molecule has 4 nitrogen and oxygen atoms in total. The number of phenolic OH excluding ortho intramolecular Hbond substituents is 1. The van der Waals surface area contributed by atoms with Crippen molar-refractivity contribution in [2.75, 3.05) is 6.79 Å². The van der Waals surface area contributed by atoms with Gasteiger partial charge in [-0.1, -0.05) is 13.0 Å². The molecule has 0 amide bonds. The molecule has 0 saturated heterocycles. The standard InChI is InChI=1S/C17H16O4/c1-10-6-12-7-13(18)3-5-14(12)21-17(10)11-2-4-15-16(8-11)20-9-19-15/h2-5,7-8,10,17-18H,6,9H2,1H3/t10-,17-/m1/s1. The van der Waals surface area contributed by atoms with Gasteiger partial charge >= 0.3 is 0 Å². The van der Waals surface area contributed by atoms with E-state index in [2.05, 4.69) is 6.92 Å². The molecule has 2 aliphatic rings. The number of fused-ring (bicyclic) bond motifs is 2. The second-order valence-electron chi connectivity index (χ2n) is 5.62. The van der Waals surface area contributed by atoms with Crippen molar-refractivity contribution in [1.82, 2.24) is 0 Å². The van der Waals surface area contributed by atoms with Crippen LogP contribution in [0.3, 0.4) is 0 Å². The molecule has 2 heterocycles. The van der Waals surface area contributed by atoms with Crippen molar-refractivity contribution in [3.8, 4) is 23.0 Å². The van der Waals surface area contributed by atoms with E-state index < -0.39 is 0 Å². The molecule has 0 aliphatic carbocycles. The summed E-state index contributed by atoms with van der Waals surface area (Å²) < 4.78 is 16.9. The molecule has 2 aromatic carbocycles. The highest BCUT2D eigenvalue weighted by atomic mass is 16.7. The third-order valence-corrected chi connectivity index (χ3v) is 4.08. The molecule has 4 heteroatoms. The third kappa shape index (κ3) is 2.07. The highest BCUT2D eigenvalue weighted by Crippen LogP contribution is 2.42. The van der Waals surface area contributed by atoms with Gasteiger partial charge in [-0.15, -0.1) is 0 Å². The lowest BCUT2D eigenvalue weighted by Crippen LogP contribution is -2.23. The summed E-state index contributed by atoms with van der Waals surface area (Å²) in [4.78, 5) is 0. The van der Waals surface area contributed by atoms with Crippen LogP contribution in [0.25, 0.3) is 0 Å². The Balaban J connectivity index is 1.68. The monoisotopic (exact) mass is 284 g/mol. The van der Waals surface area contributed by atoms with Crippen LogP contribution in [0.4, 0.5) is 0 Å². The van der Waals surface area contributed by atoms with Crippen LogP contribution >= 0.6 is 0 Å². The summed E-state index contributed by atoms with van der Waals surface area (Å²) in [5, 5.41) is 9.58. The predicted octanol–water partition coefficient (Wildman–Crippen LogP) is 3.43. The van der Waals surface area contributed by atoms with Crippen LogP contribution in [0.5, 0.6) is 23.0 Å². The number of aromatic hydroxyl groups is 1. The minimum absolute atomic E-state index is 0.0171. The van der Waals surface area contributed by atoms with Crippen LogP contribution in [0.1, 0.15) is 24.2 Å². The average Bonchev–Trinajstić information content (AvgIpc) is 2.93. The molecule has 1 N–H and O–H groups in total. The lowest BCUT2D eigenvalue weighted by atomic mass is 9.88. The van der Waals surface area contributed by atoms with Crippen molar-refractivity contribution in [3.05, 3.63) is 47.5 Å². The Morgan fingerprint density at radius 2 is 1.81 bits per heavy atom. The van der Waals surface area contributed by atoms with E-state index in [-0.39, 0.29) is 18.6 Å². The van der Waals surface area contributed by atoms with Gasteiger partial charge in [0, 0.05) is 5.92 Å². The number of benzene rings is 2. The van der Waals surface area contributed by atoms with E-state index in [0.29, 0.717) is 5.92 Å². The van der Waals surface area contributed by atoms with E-state index in [9.17, 15) is 5.11 Å². The maximum atomic E-state index is 9.58. The number of ether oxygens (including phenoxy) is 3. The second-order valence-corrected chi connectivity index (χ2v) is 5.62. The van der Waals surface area contributed by atoms with Crippen molar-refractivity contribution < 1.29 is 19.3 Å². The van der Waals surface area contributed by atoms with Gasteiger partial charge in [-0.05, 0) is 47.9 Å². The molecule has 2 aliphatic heterocycles. The Morgan fingerprint density at radius 3 is 2.71 bits per heavy atom. The molecule has 0 bridgehead atoms. The van der Waals surface area contributed by atoms with Crippen molar-refractivity contribution in [1.29, 1.82) is 0 Å². The molecule has 108 valence electrons.